The molecule has 3 rings (SSSR count). The number of rotatable bonds is 8. The summed E-state index contributed by atoms with van der Waals surface area (Å²) < 4.78 is 22.9. The molecule has 1 heterocycles. The largest absolute Gasteiger partial charge is 0.490 e. The van der Waals surface area contributed by atoms with Gasteiger partial charge in [-0.3, -0.25) is 9.59 Å². The summed E-state index contributed by atoms with van der Waals surface area (Å²) in [5.74, 6) is 0.142. The second-order valence-corrected chi connectivity index (χ2v) is 7.21. The maximum Gasteiger partial charge on any atom is 0.308 e. The number of para-hydroxylation sites is 1. The molecule has 0 radical (unpaired) electrons. The number of anilines is 1. The fourth-order valence-electron chi connectivity index (χ4n) is 3.44. The maximum atomic E-state index is 12.8. The van der Waals surface area contributed by atoms with Gasteiger partial charge in [-0.2, -0.15) is 0 Å². The Morgan fingerprint density at radius 3 is 2.55 bits per heavy atom. The lowest BCUT2D eigenvalue weighted by Gasteiger charge is -2.24. The van der Waals surface area contributed by atoms with Crippen LogP contribution in [0.5, 0.6) is 11.5 Å². The Balaban J connectivity index is 2.11. The molecule has 0 saturated heterocycles. The van der Waals surface area contributed by atoms with Crippen LogP contribution in [0.1, 0.15) is 44.4 Å². The number of ether oxygens (including phenoxy) is 4. The normalized spacial score (nSPS) is 17.9. The van der Waals surface area contributed by atoms with Gasteiger partial charge in [0, 0.05) is 21.8 Å². The van der Waals surface area contributed by atoms with Crippen LogP contribution in [0.2, 0.25) is 5.02 Å². The zero-order valence-corrected chi connectivity index (χ0v) is 18.5. The molecule has 1 aliphatic heterocycles. The molecule has 2 aromatic carbocycles. The highest BCUT2D eigenvalue weighted by Crippen LogP contribution is 2.44. The van der Waals surface area contributed by atoms with Gasteiger partial charge in [0.25, 0.3) is 5.91 Å². The summed E-state index contributed by atoms with van der Waals surface area (Å²) in [6.45, 7) is 6.56. The van der Waals surface area contributed by atoms with Crippen molar-refractivity contribution in [2.24, 2.45) is 0 Å². The topological polar surface area (TPSA) is 83.1 Å². The van der Waals surface area contributed by atoms with E-state index in [0.29, 0.717) is 46.5 Å². The van der Waals surface area contributed by atoms with Crippen molar-refractivity contribution in [2.75, 3.05) is 25.1 Å². The number of benzene rings is 2. The van der Waals surface area contributed by atoms with Crippen LogP contribution in [0, 0.1) is 0 Å². The van der Waals surface area contributed by atoms with Gasteiger partial charge in [-0.15, -0.1) is 0 Å². The highest BCUT2D eigenvalue weighted by atomic mass is 35.5. The first-order valence-electron chi connectivity index (χ1n) is 10.3. The first-order valence-corrected chi connectivity index (χ1v) is 10.7. The van der Waals surface area contributed by atoms with Crippen LogP contribution in [0.4, 0.5) is 5.69 Å². The molecule has 0 fully saturated rings. The summed E-state index contributed by atoms with van der Waals surface area (Å²) in [4.78, 5) is 24.9. The minimum atomic E-state index is -1.06. The van der Waals surface area contributed by atoms with Gasteiger partial charge in [-0.1, -0.05) is 23.7 Å². The zero-order chi connectivity index (χ0) is 22.4. The number of esters is 1. The third kappa shape index (κ3) is 5.29. The van der Waals surface area contributed by atoms with Crippen molar-refractivity contribution in [1.82, 2.24) is 0 Å². The van der Waals surface area contributed by atoms with Crippen molar-refractivity contribution >= 4 is 29.2 Å². The molecular weight excluding hydrogens is 422 g/mol. The Labute approximate surface area is 186 Å². The van der Waals surface area contributed by atoms with Gasteiger partial charge < -0.3 is 24.3 Å². The molecule has 2 aromatic rings. The highest BCUT2D eigenvalue weighted by Gasteiger charge is 2.35. The number of hydrogen-bond acceptors (Lipinski definition) is 6. The van der Waals surface area contributed by atoms with Crippen LogP contribution in [0.25, 0.3) is 0 Å². The van der Waals surface area contributed by atoms with Crippen LogP contribution in [0.15, 0.2) is 36.4 Å². The first-order chi connectivity index (χ1) is 15.0. The van der Waals surface area contributed by atoms with Crippen molar-refractivity contribution in [2.45, 2.75) is 39.4 Å². The fraction of sp³-hybridized carbons (Fsp3) is 0.391. The van der Waals surface area contributed by atoms with Crippen molar-refractivity contribution in [3.63, 3.8) is 0 Å². The summed E-state index contributed by atoms with van der Waals surface area (Å²) >= 11 is 6.26. The number of carbonyl (C=O) groups excluding carboxylic acids is 2. The Hall–Kier alpha value is -2.77. The molecule has 2 atom stereocenters. The molecule has 2 unspecified atom stereocenters. The number of amides is 1. The first kappa shape index (κ1) is 22.9. The summed E-state index contributed by atoms with van der Waals surface area (Å²) in [7, 11) is 0. The predicted molar refractivity (Wildman–Crippen MR) is 117 cm³/mol. The molecule has 0 spiro atoms. The molecule has 0 saturated carbocycles. The molecule has 31 heavy (non-hydrogen) atoms. The van der Waals surface area contributed by atoms with Crippen LogP contribution in [-0.2, 0) is 19.1 Å². The maximum absolute atomic E-state index is 12.8. The minimum Gasteiger partial charge on any atom is -0.490 e. The lowest BCUT2D eigenvalue weighted by Crippen LogP contribution is -2.32. The molecule has 1 N–H and O–H groups in total. The average Bonchev–Trinajstić information content (AvgIpc) is 2.86. The molecule has 166 valence electrons. The Bertz CT molecular complexity index is 948. The molecule has 1 aliphatic rings. The van der Waals surface area contributed by atoms with E-state index >= 15 is 0 Å². The van der Waals surface area contributed by atoms with Gasteiger partial charge >= 0.3 is 5.97 Å². The summed E-state index contributed by atoms with van der Waals surface area (Å²) in [6, 6.07) is 10.6. The SMILES string of the molecule is CCOC(=O)CC1OC(c2cccc(OCC)c2OCC)c2cc(Cl)ccc2NC1=O. The van der Waals surface area contributed by atoms with E-state index in [0.717, 1.165) is 0 Å². The quantitative estimate of drug-likeness (QED) is 0.599. The van der Waals surface area contributed by atoms with E-state index < -0.39 is 24.1 Å². The molecule has 1 amide bonds. The van der Waals surface area contributed by atoms with E-state index in [-0.39, 0.29) is 13.0 Å². The van der Waals surface area contributed by atoms with Gasteiger partial charge in [0.1, 0.15) is 12.2 Å². The number of nitrogens with one attached hydrogen (secondary N) is 1. The third-order valence-electron chi connectivity index (χ3n) is 4.68. The lowest BCUT2D eigenvalue weighted by molar-refractivity contribution is -0.150. The van der Waals surface area contributed by atoms with Gasteiger partial charge in [0.05, 0.1) is 26.2 Å². The highest BCUT2D eigenvalue weighted by molar-refractivity contribution is 6.30. The van der Waals surface area contributed by atoms with E-state index in [2.05, 4.69) is 5.32 Å². The Morgan fingerprint density at radius 2 is 1.84 bits per heavy atom. The Kier molecular flexibility index (Phi) is 7.76. The molecule has 0 aliphatic carbocycles. The molecule has 8 heteroatoms. The van der Waals surface area contributed by atoms with E-state index in [1.54, 1.807) is 25.1 Å². The standard InChI is InChI=1S/C23H26ClNO6/c1-4-28-18-9-7-8-15(22(18)30-6-3)21-16-12-14(24)10-11-17(16)25-23(27)19(31-21)13-20(26)29-5-2/h7-12,19,21H,4-6,13H2,1-3H3,(H,25,27). The van der Waals surface area contributed by atoms with E-state index in [1.165, 1.54) is 0 Å². The van der Waals surface area contributed by atoms with E-state index in [1.807, 2.05) is 32.0 Å². The molecule has 0 aromatic heterocycles. The predicted octanol–water partition coefficient (Wildman–Crippen LogP) is 4.52. The Morgan fingerprint density at radius 1 is 1.06 bits per heavy atom. The lowest BCUT2D eigenvalue weighted by atomic mass is 9.98. The summed E-state index contributed by atoms with van der Waals surface area (Å²) in [5.41, 5.74) is 1.87. The number of fused-ring (bicyclic) bond motifs is 1. The van der Waals surface area contributed by atoms with E-state index in [9.17, 15) is 9.59 Å². The molecular formula is C23H26ClNO6. The van der Waals surface area contributed by atoms with Crippen molar-refractivity contribution in [1.29, 1.82) is 0 Å². The van der Waals surface area contributed by atoms with Crippen LogP contribution in [-0.4, -0.2) is 37.8 Å². The summed E-state index contributed by atoms with van der Waals surface area (Å²) in [6.07, 6.45) is -2.00. The van der Waals surface area contributed by atoms with E-state index in [4.69, 9.17) is 30.5 Å². The molecule has 0 bridgehead atoms. The summed E-state index contributed by atoms with van der Waals surface area (Å²) in [5, 5.41) is 3.33. The average molecular weight is 448 g/mol. The smallest absolute Gasteiger partial charge is 0.308 e. The zero-order valence-electron chi connectivity index (χ0n) is 17.8. The van der Waals surface area contributed by atoms with Crippen LogP contribution in [0.3, 0.4) is 0 Å². The third-order valence-corrected chi connectivity index (χ3v) is 4.92. The van der Waals surface area contributed by atoms with Crippen molar-refractivity contribution < 1.29 is 28.5 Å². The second-order valence-electron chi connectivity index (χ2n) is 6.78. The van der Waals surface area contributed by atoms with Gasteiger partial charge in [0.15, 0.2) is 11.5 Å². The van der Waals surface area contributed by atoms with Gasteiger partial charge in [-0.05, 0) is 45.0 Å². The van der Waals surface area contributed by atoms with Crippen LogP contribution < -0.4 is 14.8 Å². The van der Waals surface area contributed by atoms with Gasteiger partial charge in [0.2, 0.25) is 0 Å². The van der Waals surface area contributed by atoms with Crippen molar-refractivity contribution in [3.8, 4) is 11.5 Å². The molecule has 7 nitrogen and oxygen atoms in total. The fourth-order valence-corrected chi connectivity index (χ4v) is 3.62. The number of carbonyl (C=O) groups is 2. The van der Waals surface area contributed by atoms with Crippen molar-refractivity contribution in [3.05, 3.63) is 52.5 Å². The monoisotopic (exact) mass is 447 g/mol. The number of halogens is 1. The minimum absolute atomic E-state index is 0.215. The number of hydrogen-bond donors (Lipinski definition) is 1. The van der Waals surface area contributed by atoms with Gasteiger partial charge in [-0.25, -0.2) is 0 Å². The second kappa shape index (κ2) is 10.5. The van der Waals surface area contributed by atoms with Crippen LogP contribution >= 0.6 is 11.6 Å².